The van der Waals surface area contributed by atoms with E-state index >= 15 is 0 Å². The number of hydrogen-bond acceptors (Lipinski definition) is 2. The molecule has 0 aliphatic carbocycles. The molecule has 1 aromatic carbocycles. The minimum absolute atomic E-state index is 0.226. The van der Waals surface area contributed by atoms with Gasteiger partial charge in [0.1, 0.15) is 0 Å². The highest BCUT2D eigenvalue weighted by Crippen LogP contribution is 2.43. The molecule has 0 bridgehead atoms. The lowest BCUT2D eigenvalue weighted by Gasteiger charge is -2.36. The molecule has 0 amide bonds. The number of likely N-dealkylation sites (N-methyl/N-ethyl adjacent to an activating group) is 1. The molecule has 0 radical (unpaired) electrons. The minimum Gasteiger partial charge on any atom is -0.395 e. The first-order valence-electron chi connectivity index (χ1n) is 8.99. The average molecular weight is 320 g/mol. The number of hydrogen-bond donors (Lipinski definition) is 1. The summed E-state index contributed by atoms with van der Waals surface area (Å²) in [5.74, 6) is 0.566. The van der Waals surface area contributed by atoms with E-state index in [2.05, 4.69) is 77.6 Å². The van der Waals surface area contributed by atoms with Gasteiger partial charge in [-0.2, -0.15) is 0 Å². The van der Waals surface area contributed by atoms with Crippen LogP contribution in [0.1, 0.15) is 71.9 Å². The smallest absolute Gasteiger partial charge is 0.0558 e. The van der Waals surface area contributed by atoms with Gasteiger partial charge < -0.3 is 5.11 Å². The van der Waals surface area contributed by atoms with E-state index in [4.69, 9.17) is 5.11 Å². The first kappa shape index (κ1) is 20.2. The summed E-state index contributed by atoms with van der Waals surface area (Å²) in [6.45, 7) is 19.0. The molecule has 0 spiro atoms. The van der Waals surface area contributed by atoms with E-state index in [1.54, 1.807) is 0 Å². The lowest BCUT2D eigenvalue weighted by atomic mass is 9.69. The van der Waals surface area contributed by atoms with Crippen molar-refractivity contribution in [1.82, 2.24) is 4.90 Å². The van der Waals surface area contributed by atoms with Gasteiger partial charge in [0.15, 0.2) is 0 Å². The van der Waals surface area contributed by atoms with Crippen molar-refractivity contribution in [2.75, 3.05) is 19.7 Å². The van der Waals surface area contributed by atoms with E-state index < -0.39 is 0 Å². The highest BCUT2D eigenvalue weighted by Gasteiger charge is 2.30. The summed E-state index contributed by atoms with van der Waals surface area (Å²) in [7, 11) is 0. The average Bonchev–Trinajstić information content (AvgIpc) is 2.43. The molecule has 0 saturated heterocycles. The van der Waals surface area contributed by atoms with Gasteiger partial charge in [-0.05, 0) is 40.8 Å². The Kier molecular flexibility index (Phi) is 7.29. The minimum atomic E-state index is 0.226. The number of rotatable bonds is 7. The second-order valence-electron chi connectivity index (χ2n) is 9.02. The van der Waals surface area contributed by atoms with Gasteiger partial charge in [0.05, 0.1) is 6.61 Å². The summed E-state index contributed by atoms with van der Waals surface area (Å²) in [4.78, 5) is 2.27. The summed E-state index contributed by atoms with van der Waals surface area (Å²) in [5.41, 5.74) is 3.37. The van der Waals surface area contributed by atoms with Gasteiger partial charge in [-0.25, -0.2) is 0 Å². The molecule has 1 aromatic rings. The molecule has 0 fully saturated rings. The summed E-state index contributed by atoms with van der Waals surface area (Å²) in [5, 5.41) is 9.12. The zero-order valence-electron chi connectivity index (χ0n) is 16.3. The van der Waals surface area contributed by atoms with Gasteiger partial charge in [-0.1, -0.05) is 72.7 Å². The van der Waals surface area contributed by atoms with Crippen molar-refractivity contribution < 1.29 is 5.11 Å². The fraction of sp³-hybridized carbons (Fsp3) is 0.714. The molecule has 0 aliphatic rings. The van der Waals surface area contributed by atoms with Crippen molar-refractivity contribution >= 4 is 0 Å². The summed E-state index contributed by atoms with van der Waals surface area (Å²) >= 11 is 0. The highest BCUT2D eigenvalue weighted by molar-refractivity contribution is 5.27. The maximum Gasteiger partial charge on any atom is 0.0558 e. The molecule has 23 heavy (non-hydrogen) atoms. The monoisotopic (exact) mass is 319 g/mol. The van der Waals surface area contributed by atoms with E-state index in [0.717, 1.165) is 19.6 Å². The number of benzene rings is 1. The second-order valence-corrected chi connectivity index (χ2v) is 9.02. The third-order valence-electron chi connectivity index (χ3n) is 4.51. The topological polar surface area (TPSA) is 23.5 Å². The van der Waals surface area contributed by atoms with Gasteiger partial charge in [-0.15, -0.1) is 0 Å². The Labute approximate surface area is 143 Å². The standard InChI is InChI=1S/C21H37NO/c1-8-22(13-14-23)16-17-9-11-18(12-10-17)19(21(5,6)7)15-20(2,3)4/h9-12,19,23H,8,13-16H2,1-7H3. The van der Waals surface area contributed by atoms with E-state index in [9.17, 15) is 0 Å². The van der Waals surface area contributed by atoms with Crippen LogP contribution in [0.3, 0.4) is 0 Å². The molecule has 1 N–H and O–H groups in total. The maximum absolute atomic E-state index is 9.12. The number of aliphatic hydroxyl groups excluding tert-OH is 1. The van der Waals surface area contributed by atoms with Crippen LogP contribution in [0.15, 0.2) is 24.3 Å². The van der Waals surface area contributed by atoms with Crippen molar-refractivity contribution in [2.45, 2.75) is 67.3 Å². The molecule has 1 rings (SSSR count). The largest absolute Gasteiger partial charge is 0.395 e. The Morgan fingerprint density at radius 2 is 1.57 bits per heavy atom. The van der Waals surface area contributed by atoms with Crippen LogP contribution in [0.2, 0.25) is 0 Å². The van der Waals surface area contributed by atoms with Crippen LogP contribution in [0.4, 0.5) is 0 Å². The number of aliphatic hydroxyl groups is 1. The third-order valence-corrected chi connectivity index (χ3v) is 4.51. The molecule has 0 saturated carbocycles. The zero-order valence-corrected chi connectivity index (χ0v) is 16.3. The Morgan fingerprint density at radius 1 is 1.00 bits per heavy atom. The van der Waals surface area contributed by atoms with E-state index in [1.165, 1.54) is 17.5 Å². The van der Waals surface area contributed by atoms with Crippen LogP contribution in [0, 0.1) is 10.8 Å². The fourth-order valence-corrected chi connectivity index (χ4v) is 3.14. The van der Waals surface area contributed by atoms with Gasteiger partial charge in [0.25, 0.3) is 0 Å². The highest BCUT2D eigenvalue weighted by atomic mass is 16.3. The molecule has 2 heteroatoms. The van der Waals surface area contributed by atoms with Crippen molar-refractivity contribution in [1.29, 1.82) is 0 Å². The molecular formula is C21H37NO. The predicted molar refractivity (Wildman–Crippen MR) is 101 cm³/mol. The van der Waals surface area contributed by atoms with Crippen LogP contribution in [-0.2, 0) is 6.54 Å². The summed E-state index contributed by atoms with van der Waals surface area (Å²) in [6.07, 6.45) is 1.20. The van der Waals surface area contributed by atoms with Crippen LogP contribution < -0.4 is 0 Å². The molecule has 0 aromatic heterocycles. The van der Waals surface area contributed by atoms with Crippen molar-refractivity contribution in [2.24, 2.45) is 10.8 Å². The fourth-order valence-electron chi connectivity index (χ4n) is 3.14. The SMILES string of the molecule is CCN(CCO)Cc1ccc(C(CC(C)(C)C)C(C)(C)C)cc1. The van der Waals surface area contributed by atoms with Gasteiger partial charge in [0, 0.05) is 13.1 Å². The normalized spacial score (nSPS) is 14.3. The van der Waals surface area contributed by atoms with Gasteiger partial charge in [-0.3, -0.25) is 4.90 Å². The first-order chi connectivity index (χ1) is 10.6. The third kappa shape index (κ3) is 7.05. The van der Waals surface area contributed by atoms with E-state index in [-0.39, 0.29) is 12.0 Å². The predicted octanol–water partition coefficient (Wildman–Crippen LogP) is 5.07. The Hall–Kier alpha value is -0.860. The van der Waals surface area contributed by atoms with E-state index in [0.29, 0.717) is 11.3 Å². The Balaban J connectivity index is 2.91. The summed E-state index contributed by atoms with van der Waals surface area (Å²) < 4.78 is 0. The first-order valence-corrected chi connectivity index (χ1v) is 8.99. The molecule has 2 nitrogen and oxygen atoms in total. The Morgan fingerprint density at radius 3 is 1.96 bits per heavy atom. The Bertz CT molecular complexity index is 450. The van der Waals surface area contributed by atoms with Crippen LogP contribution >= 0.6 is 0 Å². The molecular weight excluding hydrogens is 282 g/mol. The van der Waals surface area contributed by atoms with Crippen LogP contribution in [0.25, 0.3) is 0 Å². The second kappa shape index (κ2) is 8.30. The van der Waals surface area contributed by atoms with Gasteiger partial charge >= 0.3 is 0 Å². The molecule has 0 heterocycles. The van der Waals surface area contributed by atoms with Crippen LogP contribution in [0.5, 0.6) is 0 Å². The molecule has 1 atom stereocenters. The van der Waals surface area contributed by atoms with E-state index in [1.807, 2.05) is 0 Å². The quantitative estimate of drug-likeness (QED) is 0.758. The van der Waals surface area contributed by atoms with Crippen molar-refractivity contribution in [3.8, 4) is 0 Å². The molecule has 132 valence electrons. The molecule has 0 aliphatic heterocycles. The lowest BCUT2D eigenvalue weighted by molar-refractivity contribution is 0.196. The van der Waals surface area contributed by atoms with Crippen molar-refractivity contribution in [3.05, 3.63) is 35.4 Å². The van der Waals surface area contributed by atoms with Crippen molar-refractivity contribution in [3.63, 3.8) is 0 Å². The molecule has 1 unspecified atom stereocenters. The maximum atomic E-state index is 9.12. The summed E-state index contributed by atoms with van der Waals surface area (Å²) in [6, 6.07) is 9.14. The zero-order chi connectivity index (χ0) is 17.7. The van der Waals surface area contributed by atoms with Crippen LogP contribution in [-0.4, -0.2) is 29.7 Å². The lowest BCUT2D eigenvalue weighted by Crippen LogP contribution is -2.26. The van der Waals surface area contributed by atoms with Gasteiger partial charge in [0.2, 0.25) is 0 Å². The number of nitrogens with zero attached hydrogens (tertiary/aromatic N) is 1.